The largest absolute Gasteiger partial charge is 0.478 e. The third kappa shape index (κ3) is 3.44. The Hall–Kier alpha value is -1.95. The lowest BCUT2D eigenvalue weighted by Crippen LogP contribution is -2.50. The first-order chi connectivity index (χ1) is 10.3. The Kier molecular flexibility index (Phi) is 4.81. The van der Waals surface area contributed by atoms with Crippen molar-refractivity contribution in [2.24, 2.45) is 5.92 Å². The fourth-order valence-corrected chi connectivity index (χ4v) is 2.75. The number of aromatic carboxylic acids is 1. The Morgan fingerprint density at radius 1 is 1.59 bits per heavy atom. The number of hydrogen-bond donors (Lipinski definition) is 2. The molecule has 0 aromatic heterocycles. The quantitative estimate of drug-likeness (QED) is 0.816. The van der Waals surface area contributed by atoms with Crippen LogP contribution in [0.15, 0.2) is 18.2 Å². The first-order valence-electron chi connectivity index (χ1n) is 7.30. The molecule has 0 spiro atoms. The Labute approximate surface area is 129 Å². The summed E-state index contributed by atoms with van der Waals surface area (Å²) in [6, 6.07) is 4.79. The van der Waals surface area contributed by atoms with Crippen LogP contribution in [0.4, 0.5) is 10.1 Å². The van der Waals surface area contributed by atoms with E-state index < -0.39 is 11.6 Å². The van der Waals surface area contributed by atoms with E-state index in [-0.39, 0.29) is 18.0 Å². The Morgan fingerprint density at radius 2 is 2.32 bits per heavy atom. The molecule has 1 amide bonds. The highest BCUT2D eigenvalue weighted by Gasteiger charge is 2.37. The molecule has 6 heteroatoms. The normalized spacial score (nSPS) is 24.8. The SMILES string of the molecule is Cc1ccc(N(C=O)CC2CNCCC2(C)F)cc1C(=O)O. The number of benzene rings is 1. The number of rotatable bonds is 5. The van der Waals surface area contributed by atoms with Gasteiger partial charge in [-0.2, -0.15) is 0 Å². The van der Waals surface area contributed by atoms with E-state index in [1.807, 2.05) is 0 Å². The van der Waals surface area contributed by atoms with Gasteiger partial charge in [-0.25, -0.2) is 9.18 Å². The van der Waals surface area contributed by atoms with Crippen LogP contribution in [0.3, 0.4) is 0 Å². The number of aryl methyl sites for hydroxylation is 1. The highest BCUT2D eigenvalue weighted by molar-refractivity contribution is 5.91. The van der Waals surface area contributed by atoms with E-state index in [4.69, 9.17) is 0 Å². The van der Waals surface area contributed by atoms with Crippen LogP contribution in [0.5, 0.6) is 0 Å². The minimum absolute atomic E-state index is 0.147. The lowest BCUT2D eigenvalue weighted by atomic mass is 9.84. The molecule has 5 nitrogen and oxygen atoms in total. The number of carboxylic acids is 1. The summed E-state index contributed by atoms with van der Waals surface area (Å²) in [5.41, 5.74) is -0.0995. The van der Waals surface area contributed by atoms with E-state index in [0.717, 1.165) is 0 Å². The summed E-state index contributed by atoms with van der Waals surface area (Å²) in [7, 11) is 0. The minimum atomic E-state index is -1.34. The van der Waals surface area contributed by atoms with Crippen molar-refractivity contribution in [3.63, 3.8) is 0 Å². The Balaban J connectivity index is 2.23. The van der Waals surface area contributed by atoms with Crippen LogP contribution in [0, 0.1) is 12.8 Å². The molecule has 2 atom stereocenters. The number of hydrogen-bond acceptors (Lipinski definition) is 3. The van der Waals surface area contributed by atoms with Crippen LogP contribution in [0.25, 0.3) is 0 Å². The molecule has 22 heavy (non-hydrogen) atoms. The molecule has 120 valence electrons. The molecule has 0 aliphatic carbocycles. The number of anilines is 1. The summed E-state index contributed by atoms with van der Waals surface area (Å²) in [5.74, 6) is -1.37. The van der Waals surface area contributed by atoms with Crippen molar-refractivity contribution < 1.29 is 19.1 Å². The van der Waals surface area contributed by atoms with Crippen molar-refractivity contribution in [1.82, 2.24) is 5.32 Å². The fourth-order valence-electron chi connectivity index (χ4n) is 2.75. The lowest BCUT2D eigenvalue weighted by molar-refractivity contribution is -0.107. The van der Waals surface area contributed by atoms with Gasteiger partial charge >= 0.3 is 5.97 Å². The molecular formula is C16H21FN2O3. The number of nitrogens with zero attached hydrogens (tertiary/aromatic N) is 1. The molecule has 1 saturated heterocycles. The smallest absolute Gasteiger partial charge is 0.336 e. The Morgan fingerprint density at radius 3 is 2.91 bits per heavy atom. The van der Waals surface area contributed by atoms with E-state index in [0.29, 0.717) is 37.2 Å². The van der Waals surface area contributed by atoms with E-state index in [1.54, 1.807) is 26.0 Å². The zero-order chi connectivity index (χ0) is 16.3. The van der Waals surface area contributed by atoms with Crippen molar-refractivity contribution in [2.45, 2.75) is 25.9 Å². The third-order valence-corrected chi connectivity index (χ3v) is 4.36. The van der Waals surface area contributed by atoms with Crippen molar-refractivity contribution in [2.75, 3.05) is 24.5 Å². The molecule has 0 saturated carbocycles. The van der Waals surface area contributed by atoms with Gasteiger partial charge in [0.15, 0.2) is 0 Å². The summed E-state index contributed by atoms with van der Waals surface area (Å²) < 4.78 is 14.5. The van der Waals surface area contributed by atoms with Gasteiger partial charge in [0.1, 0.15) is 5.67 Å². The van der Waals surface area contributed by atoms with Gasteiger partial charge in [-0.1, -0.05) is 6.07 Å². The number of amides is 1. The second-order valence-corrected chi connectivity index (χ2v) is 5.99. The maximum Gasteiger partial charge on any atom is 0.336 e. The van der Waals surface area contributed by atoms with Gasteiger partial charge in [-0.05, 0) is 44.5 Å². The first-order valence-corrected chi connectivity index (χ1v) is 7.30. The van der Waals surface area contributed by atoms with Gasteiger partial charge < -0.3 is 15.3 Å². The zero-order valence-electron chi connectivity index (χ0n) is 12.8. The molecule has 1 aliphatic heterocycles. The van der Waals surface area contributed by atoms with E-state index in [9.17, 15) is 19.1 Å². The van der Waals surface area contributed by atoms with Gasteiger partial charge in [0, 0.05) is 24.7 Å². The van der Waals surface area contributed by atoms with Crippen LogP contribution in [0.2, 0.25) is 0 Å². The van der Waals surface area contributed by atoms with Crippen LogP contribution in [-0.2, 0) is 4.79 Å². The standard InChI is InChI=1S/C16H21FN2O3/c1-11-3-4-13(7-14(11)15(21)22)19(10-20)9-12-8-18-6-5-16(12,2)17/h3-4,7,10,12,18H,5-6,8-9H2,1-2H3,(H,21,22). The summed E-state index contributed by atoms with van der Waals surface area (Å²) >= 11 is 0. The van der Waals surface area contributed by atoms with E-state index >= 15 is 0 Å². The van der Waals surface area contributed by atoms with Gasteiger partial charge in [0.25, 0.3) is 0 Å². The molecule has 2 unspecified atom stereocenters. The number of carbonyl (C=O) groups is 2. The molecule has 0 radical (unpaired) electrons. The van der Waals surface area contributed by atoms with Crippen LogP contribution >= 0.6 is 0 Å². The van der Waals surface area contributed by atoms with Gasteiger partial charge in [0.2, 0.25) is 6.41 Å². The summed E-state index contributed by atoms with van der Waals surface area (Å²) in [4.78, 5) is 24.0. The number of carbonyl (C=O) groups excluding carboxylic acids is 1. The number of carboxylic acid groups (broad SMARTS) is 1. The molecule has 1 aromatic carbocycles. The monoisotopic (exact) mass is 308 g/mol. The predicted octanol–water partition coefficient (Wildman–Crippen LogP) is 1.99. The summed E-state index contributed by atoms with van der Waals surface area (Å²) in [6.07, 6.45) is 1.03. The molecule has 1 aliphatic rings. The highest BCUT2D eigenvalue weighted by atomic mass is 19.1. The summed E-state index contributed by atoms with van der Waals surface area (Å²) in [6.45, 7) is 4.58. The molecule has 1 heterocycles. The van der Waals surface area contributed by atoms with E-state index in [1.165, 1.54) is 11.0 Å². The molecule has 2 N–H and O–H groups in total. The number of nitrogens with one attached hydrogen (secondary N) is 1. The summed E-state index contributed by atoms with van der Waals surface area (Å²) in [5, 5.41) is 12.3. The Bertz CT molecular complexity index is 575. The van der Waals surface area contributed by atoms with E-state index in [2.05, 4.69) is 5.32 Å². The van der Waals surface area contributed by atoms with Crippen molar-refractivity contribution in [3.8, 4) is 0 Å². The number of alkyl halides is 1. The van der Waals surface area contributed by atoms with Crippen LogP contribution in [0.1, 0.15) is 29.3 Å². The second-order valence-electron chi connectivity index (χ2n) is 5.99. The van der Waals surface area contributed by atoms with Crippen molar-refractivity contribution in [1.29, 1.82) is 0 Å². The first kappa shape index (κ1) is 16.4. The average molecular weight is 308 g/mol. The number of piperidine rings is 1. The third-order valence-electron chi connectivity index (χ3n) is 4.36. The van der Waals surface area contributed by atoms with Gasteiger partial charge in [-0.15, -0.1) is 0 Å². The maximum absolute atomic E-state index is 14.5. The molecule has 1 fully saturated rings. The molecular weight excluding hydrogens is 287 g/mol. The zero-order valence-corrected chi connectivity index (χ0v) is 12.8. The second kappa shape index (κ2) is 6.44. The maximum atomic E-state index is 14.5. The molecule has 2 rings (SSSR count). The van der Waals surface area contributed by atoms with Crippen molar-refractivity contribution in [3.05, 3.63) is 29.3 Å². The predicted molar refractivity (Wildman–Crippen MR) is 82.0 cm³/mol. The van der Waals surface area contributed by atoms with Crippen molar-refractivity contribution >= 4 is 18.1 Å². The topological polar surface area (TPSA) is 69.6 Å². The fraction of sp³-hybridized carbons (Fsp3) is 0.500. The lowest BCUT2D eigenvalue weighted by Gasteiger charge is -2.37. The van der Waals surface area contributed by atoms with Crippen LogP contribution < -0.4 is 10.2 Å². The molecule has 1 aromatic rings. The average Bonchev–Trinajstić information content (AvgIpc) is 2.46. The number of halogens is 1. The van der Waals surface area contributed by atoms with Crippen LogP contribution in [-0.4, -0.2) is 42.8 Å². The highest BCUT2D eigenvalue weighted by Crippen LogP contribution is 2.30. The van der Waals surface area contributed by atoms with Gasteiger partial charge in [-0.3, -0.25) is 4.79 Å². The molecule has 0 bridgehead atoms. The minimum Gasteiger partial charge on any atom is -0.478 e. The van der Waals surface area contributed by atoms with Gasteiger partial charge in [0.05, 0.1) is 5.56 Å².